The molecule has 0 fully saturated rings. The van der Waals surface area contributed by atoms with Crippen LogP contribution in [0.15, 0.2) is 0 Å². The lowest BCUT2D eigenvalue weighted by molar-refractivity contribution is -0.145. The number of hydrogen-bond donors (Lipinski definition) is 3. The zero-order valence-electron chi connectivity index (χ0n) is 22.3. The van der Waals surface area contributed by atoms with Crippen molar-refractivity contribution in [3.63, 3.8) is 0 Å². The van der Waals surface area contributed by atoms with Gasteiger partial charge in [0.05, 0.1) is 26.9 Å². The number of methoxy groups -OCH3 is 1. The van der Waals surface area contributed by atoms with Gasteiger partial charge in [-0.3, -0.25) is 14.4 Å². The third-order valence-corrected chi connectivity index (χ3v) is 5.67. The third kappa shape index (κ3) is 22.3. The summed E-state index contributed by atoms with van der Waals surface area (Å²) in [5, 5.41) is 14.0. The predicted molar refractivity (Wildman–Crippen MR) is 137 cm³/mol. The van der Waals surface area contributed by atoms with Crippen molar-refractivity contribution in [2.45, 2.75) is 103 Å². The minimum atomic E-state index is -0.841. The largest absolute Gasteiger partial charge is 0.481 e. The molecule has 3 N–H and O–H groups in total. The molecule has 2 amide bonds. The Bertz CT molecular complexity index is 600. The summed E-state index contributed by atoms with van der Waals surface area (Å²) in [7, 11) is 1.26. The molecule has 0 saturated carbocycles. The molecule has 36 heavy (non-hydrogen) atoms. The number of carbonyl (C=O) groups excluding carboxylic acids is 3. The highest BCUT2D eigenvalue weighted by Gasteiger charge is 2.22. The topological polar surface area (TPSA) is 140 Å². The molecule has 0 bridgehead atoms. The molecule has 1 atom stereocenters. The summed E-state index contributed by atoms with van der Waals surface area (Å²) < 4.78 is 15.3. The van der Waals surface area contributed by atoms with Crippen LogP contribution in [0, 0.1) is 0 Å². The number of hydrogen-bond acceptors (Lipinski definition) is 7. The first kappa shape index (κ1) is 33.8. The van der Waals surface area contributed by atoms with Crippen molar-refractivity contribution in [2.75, 3.05) is 40.1 Å². The van der Waals surface area contributed by atoms with Crippen LogP contribution in [-0.4, -0.2) is 75.0 Å². The van der Waals surface area contributed by atoms with Crippen molar-refractivity contribution in [3.8, 4) is 0 Å². The quantitative estimate of drug-likeness (QED) is 0.124. The molecule has 0 aromatic carbocycles. The molecule has 0 heterocycles. The molecule has 0 aliphatic rings. The Morgan fingerprint density at radius 3 is 1.83 bits per heavy atom. The molecule has 10 nitrogen and oxygen atoms in total. The van der Waals surface area contributed by atoms with Crippen LogP contribution >= 0.6 is 0 Å². The minimum absolute atomic E-state index is 0.0958. The summed E-state index contributed by atoms with van der Waals surface area (Å²) >= 11 is 0. The van der Waals surface area contributed by atoms with Gasteiger partial charge in [-0.2, -0.15) is 0 Å². The number of esters is 1. The van der Waals surface area contributed by atoms with Crippen molar-refractivity contribution in [1.82, 2.24) is 10.6 Å². The third-order valence-electron chi connectivity index (χ3n) is 5.67. The lowest BCUT2D eigenvalue weighted by Gasteiger charge is -2.16. The molecule has 1 unspecified atom stereocenters. The molecule has 0 spiro atoms. The minimum Gasteiger partial charge on any atom is -0.481 e. The first-order valence-corrected chi connectivity index (χ1v) is 13.4. The Kier molecular flexibility index (Phi) is 23.0. The van der Waals surface area contributed by atoms with Crippen molar-refractivity contribution >= 4 is 23.8 Å². The van der Waals surface area contributed by atoms with Gasteiger partial charge in [-0.05, 0) is 26.2 Å². The van der Waals surface area contributed by atoms with Gasteiger partial charge < -0.3 is 30.0 Å². The highest BCUT2D eigenvalue weighted by atomic mass is 16.5. The first-order chi connectivity index (χ1) is 17.4. The summed E-state index contributed by atoms with van der Waals surface area (Å²) in [5.41, 5.74) is 0. The molecule has 0 aliphatic heterocycles. The van der Waals surface area contributed by atoms with Gasteiger partial charge in [-0.25, -0.2) is 4.79 Å². The number of aliphatic carboxylic acids is 1. The zero-order chi connectivity index (χ0) is 26.9. The van der Waals surface area contributed by atoms with E-state index in [1.807, 2.05) is 6.92 Å². The Morgan fingerprint density at radius 1 is 0.722 bits per heavy atom. The zero-order valence-corrected chi connectivity index (χ0v) is 22.3. The Hall–Kier alpha value is -2.20. The van der Waals surface area contributed by atoms with E-state index in [4.69, 9.17) is 19.3 Å². The van der Waals surface area contributed by atoms with Gasteiger partial charge >= 0.3 is 11.9 Å². The number of carboxylic acid groups (broad SMARTS) is 1. The van der Waals surface area contributed by atoms with E-state index >= 15 is 0 Å². The molecule has 0 aromatic rings. The van der Waals surface area contributed by atoms with Gasteiger partial charge in [0.15, 0.2) is 0 Å². The van der Waals surface area contributed by atoms with Gasteiger partial charge in [0.1, 0.15) is 6.04 Å². The SMILES string of the molecule is CCOCCOCCNC(=O)CCC(NC(=O)CCCCCCCCCCCCC(=O)O)C(=O)OC. The van der Waals surface area contributed by atoms with Crippen LogP contribution in [0.1, 0.15) is 96.8 Å². The van der Waals surface area contributed by atoms with E-state index in [9.17, 15) is 19.2 Å². The molecule has 0 aliphatic carbocycles. The van der Waals surface area contributed by atoms with Gasteiger partial charge in [-0.15, -0.1) is 0 Å². The predicted octanol–water partition coefficient (Wildman–Crippen LogP) is 3.36. The van der Waals surface area contributed by atoms with E-state index in [0.717, 1.165) is 64.2 Å². The molecule has 0 rings (SSSR count). The smallest absolute Gasteiger partial charge is 0.328 e. The van der Waals surface area contributed by atoms with Crippen molar-refractivity contribution in [1.29, 1.82) is 0 Å². The normalized spacial score (nSPS) is 11.6. The van der Waals surface area contributed by atoms with E-state index in [2.05, 4.69) is 10.6 Å². The van der Waals surface area contributed by atoms with Crippen molar-refractivity contribution in [2.24, 2.45) is 0 Å². The molecular formula is C26H48N2O8. The highest BCUT2D eigenvalue weighted by molar-refractivity contribution is 5.85. The van der Waals surface area contributed by atoms with Crippen molar-refractivity contribution < 1.29 is 38.5 Å². The summed E-state index contributed by atoms with van der Waals surface area (Å²) in [6.07, 6.45) is 11.0. The lowest BCUT2D eigenvalue weighted by Crippen LogP contribution is -2.42. The maximum Gasteiger partial charge on any atom is 0.328 e. The second-order valence-corrected chi connectivity index (χ2v) is 8.77. The number of unbranched alkanes of at least 4 members (excludes halogenated alkanes) is 9. The summed E-state index contributed by atoms with van der Waals surface area (Å²) in [6, 6.07) is -0.841. The number of amides is 2. The number of rotatable bonds is 25. The summed E-state index contributed by atoms with van der Waals surface area (Å²) in [4.78, 5) is 46.7. The fraction of sp³-hybridized carbons (Fsp3) is 0.846. The maximum atomic E-state index is 12.3. The lowest BCUT2D eigenvalue weighted by atomic mass is 10.0. The van der Waals surface area contributed by atoms with Gasteiger partial charge in [-0.1, -0.05) is 51.4 Å². The average molecular weight is 517 g/mol. The Morgan fingerprint density at radius 2 is 1.28 bits per heavy atom. The summed E-state index contributed by atoms with van der Waals surface area (Å²) in [5.74, 6) is -1.71. The number of nitrogens with one attached hydrogen (secondary N) is 2. The van der Waals surface area contributed by atoms with Crippen molar-refractivity contribution in [3.05, 3.63) is 0 Å². The van der Waals surface area contributed by atoms with Crippen LogP contribution in [0.5, 0.6) is 0 Å². The monoisotopic (exact) mass is 516 g/mol. The van der Waals surface area contributed by atoms with Crippen LogP contribution in [0.25, 0.3) is 0 Å². The Labute approximate surface area is 216 Å². The second kappa shape index (κ2) is 24.5. The van der Waals surface area contributed by atoms with Crippen LogP contribution in [0.3, 0.4) is 0 Å². The van der Waals surface area contributed by atoms with Crippen LogP contribution in [0.2, 0.25) is 0 Å². The standard InChI is InChI=1S/C26H48N2O8/c1-3-35-20-21-36-19-18-27-23(29)17-16-22(26(33)34-2)28-24(30)14-12-10-8-6-4-5-7-9-11-13-15-25(31)32/h22H,3-21H2,1-2H3,(H,27,29)(H,28,30)(H,31,32). The van der Waals surface area contributed by atoms with E-state index in [1.54, 1.807) is 0 Å². The fourth-order valence-electron chi connectivity index (χ4n) is 3.62. The van der Waals surface area contributed by atoms with E-state index in [0.29, 0.717) is 39.4 Å². The average Bonchev–Trinajstić information content (AvgIpc) is 2.85. The highest BCUT2D eigenvalue weighted by Crippen LogP contribution is 2.12. The molecule has 0 saturated heterocycles. The number of carbonyl (C=O) groups is 4. The number of ether oxygens (including phenoxy) is 3. The molecule has 0 aromatic heterocycles. The maximum absolute atomic E-state index is 12.3. The van der Waals surface area contributed by atoms with Gasteiger partial charge in [0, 0.05) is 32.4 Å². The van der Waals surface area contributed by atoms with E-state index < -0.39 is 18.0 Å². The van der Waals surface area contributed by atoms with E-state index in [-0.39, 0.29) is 31.1 Å². The summed E-state index contributed by atoms with van der Waals surface area (Å²) in [6.45, 7) is 4.28. The Balaban J connectivity index is 3.86. The van der Waals surface area contributed by atoms with Crippen LogP contribution in [0.4, 0.5) is 0 Å². The molecule has 0 radical (unpaired) electrons. The van der Waals surface area contributed by atoms with Crippen LogP contribution in [-0.2, 0) is 33.4 Å². The fourth-order valence-corrected chi connectivity index (χ4v) is 3.62. The molecule has 210 valence electrons. The van der Waals surface area contributed by atoms with Gasteiger partial charge in [0.2, 0.25) is 11.8 Å². The van der Waals surface area contributed by atoms with E-state index in [1.165, 1.54) is 7.11 Å². The first-order valence-electron chi connectivity index (χ1n) is 13.4. The van der Waals surface area contributed by atoms with Crippen LogP contribution < -0.4 is 10.6 Å². The molecular weight excluding hydrogens is 468 g/mol. The molecule has 10 heteroatoms. The number of carboxylic acids is 1. The van der Waals surface area contributed by atoms with Gasteiger partial charge in [0.25, 0.3) is 0 Å². The second-order valence-electron chi connectivity index (χ2n) is 8.77.